The van der Waals surface area contributed by atoms with E-state index in [0.717, 1.165) is 33.1 Å². The average molecular weight is 631 g/mol. The molecule has 2 aromatic heterocycles. The Kier molecular flexibility index (Phi) is 6.14. The summed E-state index contributed by atoms with van der Waals surface area (Å²) in [5.41, 5.74) is 7.01. The van der Waals surface area contributed by atoms with Crippen molar-refractivity contribution >= 4 is 64.8 Å². The quantitative estimate of drug-likeness (QED) is 0.210. The van der Waals surface area contributed by atoms with E-state index in [-0.39, 0.29) is 0 Å². The Hall–Kier alpha value is -6.72. The number of nitriles is 3. The van der Waals surface area contributed by atoms with Gasteiger partial charge in [-0.3, -0.25) is 4.99 Å². The van der Waals surface area contributed by atoms with Crippen molar-refractivity contribution < 1.29 is 0 Å². The summed E-state index contributed by atoms with van der Waals surface area (Å²) in [6.07, 6.45) is 0. The van der Waals surface area contributed by atoms with Crippen molar-refractivity contribution in [1.82, 2.24) is 4.57 Å². The summed E-state index contributed by atoms with van der Waals surface area (Å²) in [6, 6.07) is 46.7. The molecular formula is C41H22N6S. The molecule has 8 aromatic rings. The smallest absolute Gasteiger partial charge is 0.133 e. The van der Waals surface area contributed by atoms with Crippen LogP contribution in [-0.2, 0) is 0 Å². The largest absolute Gasteiger partial charge is 0.339 e. The highest BCUT2D eigenvalue weighted by atomic mass is 32.1. The number of para-hydroxylation sites is 1. The van der Waals surface area contributed by atoms with Gasteiger partial charge >= 0.3 is 0 Å². The first-order valence-electron chi connectivity index (χ1n) is 15.4. The maximum Gasteiger partial charge on any atom is 0.133 e. The highest BCUT2D eigenvalue weighted by Crippen LogP contribution is 2.43. The molecule has 222 valence electrons. The molecule has 7 heteroatoms. The molecule has 0 saturated carbocycles. The minimum atomic E-state index is -0.614. The summed E-state index contributed by atoms with van der Waals surface area (Å²) >= 11 is 1.78. The zero-order valence-electron chi connectivity index (χ0n) is 25.3. The summed E-state index contributed by atoms with van der Waals surface area (Å²) in [5, 5.41) is 38.6. The molecular weight excluding hydrogens is 609 g/mol. The molecule has 0 fully saturated rings. The second-order valence-corrected chi connectivity index (χ2v) is 12.9. The Morgan fingerprint density at radius 3 is 2.19 bits per heavy atom. The Balaban J connectivity index is 1.27. The number of anilines is 1. The van der Waals surface area contributed by atoms with E-state index in [4.69, 9.17) is 4.99 Å². The molecule has 48 heavy (non-hydrogen) atoms. The Bertz CT molecular complexity index is 2800. The van der Waals surface area contributed by atoms with E-state index in [9.17, 15) is 15.8 Å². The van der Waals surface area contributed by atoms with Crippen LogP contribution in [0.3, 0.4) is 0 Å². The van der Waals surface area contributed by atoms with Gasteiger partial charge in [0.25, 0.3) is 0 Å². The second kappa shape index (κ2) is 10.7. The van der Waals surface area contributed by atoms with Gasteiger partial charge in [-0.25, -0.2) is 0 Å². The van der Waals surface area contributed by atoms with E-state index in [1.807, 2.05) is 54.6 Å². The van der Waals surface area contributed by atoms with Crippen molar-refractivity contribution in [3.63, 3.8) is 0 Å². The minimum absolute atomic E-state index is 0.352. The molecule has 1 atom stereocenters. The van der Waals surface area contributed by atoms with Gasteiger partial charge in [-0.1, -0.05) is 72.8 Å². The average Bonchev–Trinajstić information content (AvgIpc) is 3.67. The number of hydrogen-bond donors (Lipinski definition) is 1. The molecule has 1 aliphatic rings. The third-order valence-corrected chi connectivity index (χ3v) is 10.3. The first-order valence-corrected chi connectivity index (χ1v) is 16.2. The van der Waals surface area contributed by atoms with Crippen LogP contribution in [0.2, 0.25) is 0 Å². The van der Waals surface area contributed by atoms with Crippen molar-refractivity contribution in [1.29, 1.82) is 15.8 Å². The molecule has 1 N–H and O–H groups in total. The molecule has 0 aliphatic carbocycles. The molecule has 6 aromatic carbocycles. The van der Waals surface area contributed by atoms with E-state index < -0.39 is 6.04 Å². The van der Waals surface area contributed by atoms with Gasteiger partial charge in [0.2, 0.25) is 0 Å². The van der Waals surface area contributed by atoms with Gasteiger partial charge in [-0.15, -0.1) is 11.3 Å². The number of thiophene rings is 1. The van der Waals surface area contributed by atoms with Crippen LogP contribution in [0.25, 0.3) is 47.7 Å². The number of fused-ring (bicyclic) bond motifs is 7. The van der Waals surface area contributed by atoms with E-state index >= 15 is 0 Å². The maximum absolute atomic E-state index is 10.6. The molecule has 0 bridgehead atoms. The number of aliphatic imine (C=N–C) groups is 1. The standard InChI is InChI=1S/C41H22N6S/c42-21-24-16-27(23-44)39-34(17-24)40(46-41(45-39)25-8-2-1-3-9-25)29-15-14-28(18-26(29)22-43)47-35-12-6-4-10-30(35)32-19-33-31-11-5-7-13-37(31)48-38(33)20-36(32)47/h1-20,40H,(H,45,46). The molecule has 1 unspecified atom stereocenters. The molecule has 1 aliphatic heterocycles. The normalized spacial score (nSPS) is 13.9. The van der Waals surface area contributed by atoms with Gasteiger partial charge in [0, 0.05) is 47.8 Å². The fraction of sp³-hybridized carbons (Fsp3) is 0.0244. The topological polar surface area (TPSA) is 101 Å². The van der Waals surface area contributed by atoms with Gasteiger partial charge < -0.3 is 9.88 Å². The fourth-order valence-electron chi connectivity index (χ4n) is 6.99. The van der Waals surface area contributed by atoms with Crippen LogP contribution in [0.15, 0.2) is 126 Å². The van der Waals surface area contributed by atoms with Crippen molar-refractivity contribution in [3.05, 3.63) is 155 Å². The highest BCUT2D eigenvalue weighted by molar-refractivity contribution is 7.25. The van der Waals surface area contributed by atoms with Gasteiger partial charge in [0.1, 0.15) is 17.9 Å². The molecule has 0 spiro atoms. The van der Waals surface area contributed by atoms with Gasteiger partial charge in [0.15, 0.2) is 0 Å². The Labute approximate surface area is 279 Å². The second-order valence-electron chi connectivity index (χ2n) is 11.8. The van der Waals surface area contributed by atoms with Gasteiger partial charge in [-0.05, 0) is 54.1 Å². The minimum Gasteiger partial charge on any atom is -0.339 e. The molecule has 3 heterocycles. The first kappa shape index (κ1) is 27.6. The third-order valence-electron chi connectivity index (χ3n) is 9.14. The van der Waals surface area contributed by atoms with Crippen LogP contribution in [-0.4, -0.2) is 10.4 Å². The van der Waals surface area contributed by atoms with Crippen LogP contribution >= 0.6 is 11.3 Å². The lowest BCUT2D eigenvalue weighted by molar-refractivity contribution is 0.857. The predicted octanol–water partition coefficient (Wildman–Crippen LogP) is 9.73. The van der Waals surface area contributed by atoms with Crippen molar-refractivity contribution in [2.45, 2.75) is 6.04 Å². The molecule has 0 saturated heterocycles. The third kappa shape index (κ3) is 4.11. The van der Waals surface area contributed by atoms with Crippen LogP contribution < -0.4 is 5.32 Å². The lowest BCUT2D eigenvalue weighted by atomic mass is 9.89. The summed E-state index contributed by atoms with van der Waals surface area (Å²) in [5.74, 6) is 0.594. The first-order chi connectivity index (χ1) is 23.6. The number of nitrogens with one attached hydrogen (secondary N) is 1. The Morgan fingerprint density at radius 2 is 1.38 bits per heavy atom. The predicted molar refractivity (Wildman–Crippen MR) is 193 cm³/mol. The molecule has 9 rings (SSSR count). The molecule has 0 amide bonds. The number of benzene rings is 6. The zero-order chi connectivity index (χ0) is 32.4. The number of hydrogen-bond acceptors (Lipinski definition) is 6. The van der Waals surface area contributed by atoms with E-state index in [0.29, 0.717) is 39.3 Å². The van der Waals surface area contributed by atoms with Crippen LogP contribution in [0.4, 0.5) is 5.69 Å². The number of nitrogens with zero attached hydrogens (tertiary/aromatic N) is 5. The number of amidine groups is 1. The molecule has 6 nitrogen and oxygen atoms in total. The Morgan fingerprint density at radius 1 is 0.604 bits per heavy atom. The summed E-state index contributed by atoms with van der Waals surface area (Å²) < 4.78 is 4.69. The van der Waals surface area contributed by atoms with Crippen LogP contribution in [0.1, 0.15) is 39.4 Å². The zero-order valence-corrected chi connectivity index (χ0v) is 26.1. The number of rotatable bonds is 3. The van der Waals surface area contributed by atoms with E-state index in [1.165, 1.54) is 20.2 Å². The highest BCUT2D eigenvalue weighted by Gasteiger charge is 2.29. The van der Waals surface area contributed by atoms with Crippen LogP contribution in [0.5, 0.6) is 0 Å². The van der Waals surface area contributed by atoms with Crippen LogP contribution in [0, 0.1) is 34.0 Å². The van der Waals surface area contributed by atoms with Crippen molar-refractivity contribution in [2.75, 3.05) is 5.32 Å². The van der Waals surface area contributed by atoms with Crippen molar-refractivity contribution in [2.24, 2.45) is 4.99 Å². The fourth-order valence-corrected chi connectivity index (χ4v) is 8.11. The lowest BCUT2D eigenvalue weighted by Gasteiger charge is -2.27. The van der Waals surface area contributed by atoms with E-state index in [2.05, 4.69) is 82.7 Å². The summed E-state index contributed by atoms with van der Waals surface area (Å²) in [6.45, 7) is 0. The van der Waals surface area contributed by atoms with Gasteiger partial charge in [-0.2, -0.15) is 15.8 Å². The summed E-state index contributed by atoms with van der Waals surface area (Å²) in [7, 11) is 0. The number of aromatic nitrogens is 1. The van der Waals surface area contributed by atoms with E-state index in [1.54, 1.807) is 23.5 Å². The summed E-state index contributed by atoms with van der Waals surface area (Å²) in [4.78, 5) is 5.10. The van der Waals surface area contributed by atoms with Gasteiger partial charge in [0.05, 0.1) is 45.5 Å². The monoisotopic (exact) mass is 630 g/mol. The SMILES string of the molecule is N#Cc1cc(C#N)c2c(c1)C(c1ccc(-n3c4ccccc4c4cc5c(cc43)sc3ccccc35)cc1C#N)N=C(c1ccccc1)N2. The maximum atomic E-state index is 10.6. The van der Waals surface area contributed by atoms with Crippen molar-refractivity contribution in [3.8, 4) is 23.9 Å². The lowest BCUT2D eigenvalue weighted by Crippen LogP contribution is -2.23. The molecule has 0 radical (unpaired) electrons.